The van der Waals surface area contributed by atoms with Gasteiger partial charge in [0.15, 0.2) is 6.10 Å². The summed E-state index contributed by atoms with van der Waals surface area (Å²) >= 11 is 0. The van der Waals surface area contributed by atoms with Gasteiger partial charge in [-0.2, -0.15) is 0 Å². The van der Waals surface area contributed by atoms with Gasteiger partial charge in [0.25, 0.3) is 0 Å². The van der Waals surface area contributed by atoms with Gasteiger partial charge in [-0.3, -0.25) is 9.59 Å². The number of carboxylic acid groups (broad SMARTS) is 1. The van der Waals surface area contributed by atoms with E-state index in [1.807, 2.05) is 0 Å². The molecule has 0 rings (SSSR count). The van der Waals surface area contributed by atoms with Crippen molar-refractivity contribution in [3.63, 3.8) is 0 Å². The van der Waals surface area contributed by atoms with Crippen molar-refractivity contribution in [2.24, 2.45) is 0 Å². The summed E-state index contributed by atoms with van der Waals surface area (Å²) in [6, 6.07) is -0.722. The van der Waals surface area contributed by atoms with Crippen LogP contribution in [-0.4, -0.2) is 75.5 Å². The predicted octanol–water partition coefficient (Wildman–Crippen LogP) is 12.5. The maximum Gasteiger partial charge on any atom is 0.306 e. The lowest BCUT2D eigenvalue weighted by Gasteiger charge is -2.34. The summed E-state index contributed by atoms with van der Waals surface area (Å²) < 4.78 is 17.2. The number of carbonyl (C=O) groups is 3. The number of unbranched alkanes of at least 4 members (excludes halogenated alkanes) is 29. The molecule has 0 aliphatic heterocycles. The smallest absolute Gasteiger partial charge is 0.306 e. The van der Waals surface area contributed by atoms with Crippen LogP contribution in [0.2, 0.25) is 0 Å². The van der Waals surface area contributed by atoms with Crippen molar-refractivity contribution in [2.75, 3.05) is 41.0 Å². The van der Waals surface area contributed by atoms with Crippen LogP contribution in [0.1, 0.15) is 239 Å². The molecule has 0 radical (unpaired) electrons. The van der Waals surface area contributed by atoms with E-state index < -0.39 is 18.1 Å². The standard InChI is InChI=1S/C50H95NO7/c1-6-8-10-12-14-16-18-20-22-23-24-25-26-27-29-30-32-34-36-38-40-48(52)57-45-46(44-56-43-42-47(50(54)55)51(3,4)5)58-49(53)41-39-37-35-33-31-28-21-19-17-15-13-11-9-7-2/h24-25,46-47H,6-23,26-45H2,1-5H3/b25-24+. The van der Waals surface area contributed by atoms with Crippen molar-refractivity contribution >= 4 is 17.9 Å². The van der Waals surface area contributed by atoms with Gasteiger partial charge < -0.3 is 28.6 Å². The van der Waals surface area contributed by atoms with Gasteiger partial charge in [-0.1, -0.05) is 193 Å². The molecule has 0 bridgehead atoms. The number of quaternary nitrogens is 1. The number of ether oxygens (including phenoxy) is 3. The largest absolute Gasteiger partial charge is 0.544 e. The van der Waals surface area contributed by atoms with Gasteiger partial charge in [0.2, 0.25) is 0 Å². The average molecular weight is 822 g/mol. The number of aliphatic carboxylic acids is 1. The number of esters is 2. The number of hydrogen-bond acceptors (Lipinski definition) is 7. The van der Waals surface area contributed by atoms with Crippen molar-refractivity contribution in [1.82, 2.24) is 0 Å². The van der Waals surface area contributed by atoms with Crippen molar-refractivity contribution in [2.45, 2.75) is 251 Å². The summed E-state index contributed by atoms with van der Waals surface area (Å²) in [6.07, 6.45) is 45.2. The number of allylic oxidation sites excluding steroid dienone is 2. The quantitative estimate of drug-likeness (QED) is 0.0261. The third-order valence-electron chi connectivity index (χ3n) is 11.4. The molecule has 0 saturated carbocycles. The molecule has 0 aromatic rings. The van der Waals surface area contributed by atoms with Crippen LogP contribution in [-0.2, 0) is 28.6 Å². The topological polar surface area (TPSA) is 102 Å². The summed E-state index contributed by atoms with van der Waals surface area (Å²) in [5.41, 5.74) is 0. The second-order valence-electron chi connectivity index (χ2n) is 18.1. The highest BCUT2D eigenvalue weighted by Gasteiger charge is 2.25. The second-order valence-corrected chi connectivity index (χ2v) is 18.1. The van der Waals surface area contributed by atoms with Gasteiger partial charge in [0, 0.05) is 19.3 Å². The third kappa shape index (κ3) is 39.5. The Morgan fingerprint density at radius 2 is 0.862 bits per heavy atom. The van der Waals surface area contributed by atoms with Crippen LogP contribution in [0, 0.1) is 0 Å². The predicted molar refractivity (Wildman–Crippen MR) is 241 cm³/mol. The Kier molecular flexibility index (Phi) is 40.4. The van der Waals surface area contributed by atoms with Crippen LogP contribution < -0.4 is 5.11 Å². The molecule has 342 valence electrons. The molecule has 2 unspecified atom stereocenters. The van der Waals surface area contributed by atoms with Crippen molar-refractivity contribution < 1.29 is 38.2 Å². The summed E-state index contributed by atoms with van der Waals surface area (Å²) in [5.74, 6) is -1.72. The lowest BCUT2D eigenvalue weighted by Crippen LogP contribution is -2.55. The first-order valence-corrected chi connectivity index (χ1v) is 24.7. The summed E-state index contributed by atoms with van der Waals surface area (Å²) in [7, 11) is 5.42. The molecule has 8 nitrogen and oxygen atoms in total. The molecule has 0 N–H and O–H groups in total. The number of nitrogens with zero attached hydrogens (tertiary/aromatic N) is 1. The summed E-state index contributed by atoms with van der Waals surface area (Å²) in [5, 5.41) is 11.6. The Morgan fingerprint density at radius 1 is 0.500 bits per heavy atom. The average Bonchev–Trinajstić information content (AvgIpc) is 3.18. The molecular formula is C50H95NO7. The Bertz CT molecular complexity index is 962. The van der Waals surface area contributed by atoms with Crippen LogP contribution in [0.3, 0.4) is 0 Å². The Labute approximate surface area is 359 Å². The van der Waals surface area contributed by atoms with Gasteiger partial charge in [-0.25, -0.2) is 0 Å². The zero-order chi connectivity index (χ0) is 42.8. The molecule has 0 amide bonds. The van der Waals surface area contributed by atoms with Gasteiger partial charge in [0.05, 0.1) is 40.3 Å². The molecule has 58 heavy (non-hydrogen) atoms. The molecule has 0 aromatic carbocycles. The van der Waals surface area contributed by atoms with E-state index in [9.17, 15) is 19.5 Å². The molecule has 0 aliphatic carbocycles. The molecule has 0 aromatic heterocycles. The van der Waals surface area contributed by atoms with Crippen molar-refractivity contribution in [3.8, 4) is 0 Å². The maximum absolute atomic E-state index is 12.7. The fourth-order valence-electron chi connectivity index (χ4n) is 7.54. The fraction of sp³-hybridized carbons (Fsp3) is 0.900. The first kappa shape index (κ1) is 56.1. The van der Waals surface area contributed by atoms with Crippen molar-refractivity contribution in [1.29, 1.82) is 0 Å². The van der Waals surface area contributed by atoms with E-state index in [-0.39, 0.29) is 42.7 Å². The van der Waals surface area contributed by atoms with Crippen LogP contribution in [0.15, 0.2) is 12.2 Å². The monoisotopic (exact) mass is 822 g/mol. The fourth-order valence-corrected chi connectivity index (χ4v) is 7.54. The second kappa shape index (κ2) is 41.8. The van der Waals surface area contributed by atoms with E-state index in [2.05, 4.69) is 26.0 Å². The van der Waals surface area contributed by atoms with Gasteiger partial charge in [0.1, 0.15) is 12.6 Å². The summed E-state index contributed by atoms with van der Waals surface area (Å²) in [6.45, 7) is 4.70. The highest BCUT2D eigenvalue weighted by molar-refractivity contribution is 5.70. The third-order valence-corrected chi connectivity index (χ3v) is 11.4. The Morgan fingerprint density at radius 3 is 1.24 bits per heavy atom. The number of rotatable bonds is 45. The number of carbonyl (C=O) groups excluding carboxylic acids is 3. The normalized spacial score (nSPS) is 12.9. The molecule has 0 aliphatic rings. The van der Waals surface area contributed by atoms with E-state index in [4.69, 9.17) is 14.2 Å². The molecule has 0 spiro atoms. The van der Waals surface area contributed by atoms with E-state index in [0.717, 1.165) is 38.5 Å². The lowest BCUT2D eigenvalue weighted by atomic mass is 10.0. The minimum absolute atomic E-state index is 0.0454. The van der Waals surface area contributed by atoms with Crippen LogP contribution in [0.25, 0.3) is 0 Å². The van der Waals surface area contributed by atoms with Gasteiger partial charge >= 0.3 is 11.9 Å². The minimum atomic E-state index is -1.12. The molecular weight excluding hydrogens is 727 g/mol. The molecule has 8 heteroatoms. The van der Waals surface area contributed by atoms with Crippen LogP contribution in [0.5, 0.6) is 0 Å². The Hall–Kier alpha value is -1.93. The zero-order valence-electron chi connectivity index (χ0n) is 39.0. The Balaban J connectivity index is 4.22. The van der Waals surface area contributed by atoms with Crippen LogP contribution in [0.4, 0.5) is 0 Å². The molecule has 0 heterocycles. The zero-order valence-corrected chi connectivity index (χ0v) is 39.0. The minimum Gasteiger partial charge on any atom is -0.544 e. The lowest BCUT2D eigenvalue weighted by molar-refractivity contribution is -0.889. The van der Waals surface area contributed by atoms with E-state index in [1.165, 1.54) is 167 Å². The van der Waals surface area contributed by atoms with Gasteiger partial charge in [-0.05, 0) is 38.5 Å². The van der Waals surface area contributed by atoms with Crippen LogP contribution >= 0.6 is 0 Å². The molecule has 0 fully saturated rings. The molecule has 0 saturated heterocycles. The number of likely N-dealkylation sites (N-methyl/N-ethyl adjacent to an activating group) is 1. The van der Waals surface area contributed by atoms with E-state index in [0.29, 0.717) is 12.8 Å². The first-order chi connectivity index (χ1) is 28.1. The maximum atomic E-state index is 12.7. The molecule has 2 atom stereocenters. The van der Waals surface area contributed by atoms with Gasteiger partial charge in [-0.15, -0.1) is 0 Å². The summed E-state index contributed by atoms with van der Waals surface area (Å²) in [4.78, 5) is 36.9. The van der Waals surface area contributed by atoms with Crippen molar-refractivity contribution in [3.05, 3.63) is 12.2 Å². The highest BCUT2D eigenvalue weighted by atomic mass is 16.6. The van der Waals surface area contributed by atoms with E-state index >= 15 is 0 Å². The number of hydrogen-bond donors (Lipinski definition) is 0. The SMILES string of the molecule is CCCCCCCCCCC/C=C/CCCCCCCCCC(=O)OCC(COCCC(C(=O)[O-])[N+](C)(C)C)OC(=O)CCCCCCCCCCCCCCCC. The highest BCUT2D eigenvalue weighted by Crippen LogP contribution is 2.16. The van der Waals surface area contributed by atoms with E-state index in [1.54, 1.807) is 21.1 Å². The first-order valence-electron chi connectivity index (χ1n) is 24.7. The number of carboxylic acids is 1.